The Hall–Kier alpha value is -3.02. The topological polar surface area (TPSA) is 73.9 Å². The molecule has 0 unspecified atom stereocenters. The normalized spacial score (nSPS) is 11.9. The van der Waals surface area contributed by atoms with Gasteiger partial charge in [0, 0.05) is 5.69 Å². The average Bonchev–Trinajstić information content (AvgIpc) is 3.02. The lowest BCUT2D eigenvalue weighted by molar-refractivity contribution is -0.115. The lowest BCUT2D eigenvalue weighted by Crippen LogP contribution is -2.14. The first-order chi connectivity index (χ1) is 11.2. The van der Waals surface area contributed by atoms with Gasteiger partial charge in [0.2, 0.25) is 12.7 Å². The molecule has 2 aromatic carbocycles. The smallest absolute Gasteiger partial charge is 0.337 e. The van der Waals surface area contributed by atoms with Crippen LogP contribution in [0, 0.1) is 0 Å². The summed E-state index contributed by atoms with van der Waals surface area (Å²) >= 11 is 0. The van der Waals surface area contributed by atoms with Crippen LogP contribution < -0.4 is 14.8 Å². The maximum Gasteiger partial charge on any atom is 0.337 e. The van der Waals surface area contributed by atoms with Crippen LogP contribution >= 0.6 is 0 Å². The third-order valence-electron chi connectivity index (χ3n) is 3.37. The van der Waals surface area contributed by atoms with E-state index in [9.17, 15) is 9.59 Å². The van der Waals surface area contributed by atoms with Crippen molar-refractivity contribution in [2.75, 3.05) is 19.2 Å². The predicted molar refractivity (Wildman–Crippen MR) is 82.7 cm³/mol. The number of carbonyl (C=O) groups is 2. The average molecular weight is 313 g/mol. The highest BCUT2D eigenvalue weighted by Gasteiger charge is 2.14. The van der Waals surface area contributed by atoms with Crippen LogP contribution in [0.15, 0.2) is 42.5 Å². The molecule has 2 aromatic rings. The van der Waals surface area contributed by atoms with E-state index in [4.69, 9.17) is 9.47 Å². The van der Waals surface area contributed by atoms with Crippen molar-refractivity contribution in [2.45, 2.75) is 6.42 Å². The van der Waals surface area contributed by atoms with Gasteiger partial charge in [-0.1, -0.05) is 12.1 Å². The Kier molecular flexibility index (Phi) is 4.14. The molecule has 1 heterocycles. The minimum Gasteiger partial charge on any atom is -0.465 e. The fourth-order valence-electron chi connectivity index (χ4n) is 2.28. The highest BCUT2D eigenvalue weighted by Crippen LogP contribution is 2.32. The van der Waals surface area contributed by atoms with Gasteiger partial charge in [-0.3, -0.25) is 4.79 Å². The molecule has 0 bridgehead atoms. The quantitative estimate of drug-likeness (QED) is 0.877. The van der Waals surface area contributed by atoms with Gasteiger partial charge in [-0.25, -0.2) is 4.79 Å². The van der Waals surface area contributed by atoms with Gasteiger partial charge in [0.25, 0.3) is 0 Å². The molecule has 0 spiro atoms. The number of hydrogen-bond acceptors (Lipinski definition) is 5. The zero-order chi connectivity index (χ0) is 16.2. The van der Waals surface area contributed by atoms with Crippen molar-refractivity contribution in [1.82, 2.24) is 0 Å². The summed E-state index contributed by atoms with van der Waals surface area (Å²) in [5, 5.41) is 2.76. The van der Waals surface area contributed by atoms with Crippen molar-refractivity contribution < 1.29 is 23.8 Å². The van der Waals surface area contributed by atoms with E-state index in [2.05, 4.69) is 10.1 Å². The van der Waals surface area contributed by atoms with Crippen LogP contribution in [0.2, 0.25) is 0 Å². The van der Waals surface area contributed by atoms with Crippen LogP contribution in [0.3, 0.4) is 0 Å². The van der Waals surface area contributed by atoms with Crippen molar-refractivity contribution in [2.24, 2.45) is 0 Å². The third kappa shape index (κ3) is 3.42. The van der Waals surface area contributed by atoms with E-state index < -0.39 is 5.97 Å². The highest BCUT2D eigenvalue weighted by atomic mass is 16.7. The summed E-state index contributed by atoms with van der Waals surface area (Å²) in [4.78, 5) is 23.6. The van der Waals surface area contributed by atoms with Gasteiger partial charge in [-0.15, -0.1) is 0 Å². The lowest BCUT2D eigenvalue weighted by atomic mass is 10.1. The lowest BCUT2D eigenvalue weighted by Gasteiger charge is -2.07. The number of ether oxygens (including phenoxy) is 3. The fourth-order valence-corrected chi connectivity index (χ4v) is 2.28. The first kappa shape index (κ1) is 14.9. The first-order valence-electron chi connectivity index (χ1n) is 7.02. The van der Waals surface area contributed by atoms with E-state index in [-0.39, 0.29) is 19.1 Å². The molecule has 1 aliphatic rings. The van der Waals surface area contributed by atoms with Gasteiger partial charge in [0.05, 0.1) is 19.1 Å². The standard InChI is InChI=1S/C17H15NO5/c1-21-17(20)12-3-2-4-13(9-12)18-16(19)8-11-5-6-14-15(7-11)23-10-22-14/h2-7,9H,8,10H2,1H3,(H,18,19). The number of amides is 1. The minimum atomic E-state index is -0.447. The minimum absolute atomic E-state index is 0.189. The summed E-state index contributed by atoms with van der Waals surface area (Å²) in [6.45, 7) is 0.200. The largest absolute Gasteiger partial charge is 0.465 e. The molecule has 1 aliphatic heterocycles. The van der Waals surface area contributed by atoms with Crippen molar-refractivity contribution in [3.63, 3.8) is 0 Å². The number of nitrogens with one attached hydrogen (secondary N) is 1. The molecular weight excluding hydrogens is 298 g/mol. The Morgan fingerprint density at radius 2 is 1.96 bits per heavy atom. The van der Waals surface area contributed by atoms with E-state index >= 15 is 0 Å². The van der Waals surface area contributed by atoms with Crippen LogP contribution in [0.5, 0.6) is 11.5 Å². The van der Waals surface area contributed by atoms with E-state index in [1.807, 2.05) is 6.07 Å². The summed E-state index contributed by atoms with van der Waals surface area (Å²) in [5.41, 5.74) is 1.74. The van der Waals surface area contributed by atoms with Crippen molar-refractivity contribution in [1.29, 1.82) is 0 Å². The number of benzene rings is 2. The summed E-state index contributed by atoms with van der Waals surface area (Å²) < 4.78 is 15.2. The summed E-state index contributed by atoms with van der Waals surface area (Å²) in [6, 6.07) is 12.0. The first-order valence-corrected chi connectivity index (χ1v) is 7.02. The van der Waals surface area contributed by atoms with Gasteiger partial charge in [-0.05, 0) is 35.9 Å². The SMILES string of the molecule is COC(=O)c1cccc(NC(=O)Cc2ccc3c(c2)OCO3)c1. The molecule has 0 saturated heterocycles. The molecule has 0 aromatic heterocycles. The van der Waals surface area contributed by atoms with Gasteiger partial charge >= 0.3 is 5.97 Å². The zero-order valence-corrected chi connectivity index (χ0v) is 12.5. The number of fused-ring (bicyclic) bond motifs is 1. The molecule has 6 nitrogen and oxygen atoms in total. The molecule has 1 amide bonds. The summed E-state index contributed by atoms with van der Waals surface area (Å²) in [7, 11) is 1.31. The second-order valence-corrected chi connectivity index (χ2v) is 4.98. The van der Waals surface area contributed by atoms with Gasteiger partial charge < -0.3 is 19.5 Å². The van der Waals surface area contributed by atoms with Crippen molar-refractivity contribution in [3.05, 3.63) is 53.6 Å². The van der Waals surface area contributed by atoms with Gasteiger partial charge in [0.15, 0.2) is 11.5 Å². The molecule has 0 fully saturated rings. The molecule has 0 saturated carbocycles. The zero-order valence-electron chi connectivity index (χ0n) is 12.5. The fraction of sp³-hybridized carbons (Fsp3) is 0.176. The van der Waals surface area contributed by atoms with Crippen LogP contribution in [-0.2, 0) is 16.0 Å². The van der Waals surface area contributed by atoms with E-state index in [0.717, 1.165) is 5.56 Å². The number of carbonyl (C=O) groups excluding carboxylic acids is 2. The molecule has 6 heteroatoms. The number of esters is 1. The second kappa shape index (κ2) is 6.39. The molecule has 23 heavy (non-hydrogen) atoms. The Morgan fingerprint density at radius 1 is 1.13 bits per heavy atom. The second-order valence-electron chi connectivity index (χ2n) is 4.98. The Balaban J connectivity index is 1.66. The molecule has 1 N–H and O–H groups in total. The van der Waals surface area contributed by atoms with Gasteiger partial charge in [-0.2, -0.15) is 0 Å². The molecule has 0 atom stereocenters. The number of hydrogen-bond donors (Lipinski definition) is 1. The maximum absolute atomic E-state index is 12.1. The van der Waals surface area contributed by atoms with E-state index in [0.29, 0.717) is 22.7 Å². The molecular formula is C17H15NO5. The van der Waals surface area contributed by atoms with Crippen LogP contribution in [-0.4, -0.2) is 25.8 Å². The third-order valence-corrected chi connectivity index (χ3v) is 3.37. The Labute approximate surface area is 133 Å². The monoisotopic (exact) mass is 313 g/mol. The maximum atomic E-state index is 12.1. The van der Waals surface area contributed by atoms with Crippen molar-refractivity contribution >= 4 is 17.6 Å². The summed E-state index contributed by atoms with van der Waals surface area (Å²) in [5.74, 6) is 0.686. The van der Waals surface area contributed by atoms with Gasteiger partial charge in [0.1, 0.15) is 0 Å². The Morgan fingerprint density at radius 3 is 2.78 bits per heavy atom. The van der Waals surface area contributed by atoms with E-state index in [1.54, 1.807) is 36.4 Å². The number of anilines is 1. The van der Waals surface area contributed by atoms with Crippen LogP contribution in [0.1, 0.15) is 15.9 Å². The van der Waals surface area contributed by atoms with E-state index in [1.165, 1.54) is 7.11 Å². The molecule has 0 aliphatic carbocycles. The molecule has 118 valence electrons. The highest BCUT2D eigenvalue weighted by molar-refractivity contribution is 5.95. The number of rotatable bonds is 4. The Bertz CT molecular complexity index is 756. The number of methoxy groups -OCH3 is 1. The molecule has 0 radical (unpaired) electrons. The van der Waals surface area contributed by atoms with Crippen molar-refractivity contribution in [3.8, 4) is 11.5 Å². The van der Waals surface area contributed by atoms with Crippen LogP contribution in [0.4, 0.5) is 5.69 Å². The molecule has 3 rings (SSSR count). The predicted octanol–water partition coefficient (Wildman–Crippen LogP) is 2.38. The summed E-state index contributed by atoms with van der Waals surface area (Å²) in [6.07, 6.45) is 0.194. The van der Waals surface area contributed by atoms with Crippen LogP contribution in [0.25, 0.3) is 0 Å².